The van der Waals surface area contributed by atoms with Crippen molar-refractivity contribution >= 4 is 33.3 Å². The number of ether oxygens (including phenoxy) is 2. The van der Waals surface area contributed by atoms with Gasteiger partial charge < -0.3 is 9.47 Å². The Morgan fingerprint density at radius 2 is 1.84 bits per heavy atom. The molecule has 1 saturated heterocycles. The summed E-state index contributed by atoms with van der Waals surface area (Å²) in [6.07, 6.45) is 0.257. The number of hydrogen-bond acceptors (Lipinski definition) is 8. The lowest BCUT2D eigenvalue weighted by Gasteiger charge is -2.32. The minimum absolute atomic E-state index is 0.0557. The fourth-order valence-electron chi connectivity index (χ4n) is 4.20. The number of hydrogen-bond donors (Lipinski definition) is 0. The predicted molar refractivity (Wildman–Crippen MR) is 145 cm³/mol. The van der Waals surface area contributed by atoms with Crippen LogP contribution in [0.25, 0.3) is 0 Å². The number of amides is 1. The highest BCUT2D eigenvalue weighted by Crippen LogP contribution is 2.33. The van der Waals surface area contributed by atoms with Gasteiger partial charge in [-0.25, -0.2) is 22.6 Å². The molecule has 38 heavy (non-hydrogen) atoms. The molecule has 4 rings (SSSR count). The van der Waals surface area contributed by atoms with Crippen molar-refractivity contribution in [2.75, 3.05) is 17.4 Å². The Hall–Kier alpha value is -3.02. The Labute approximate surface area is 227 Å². The van der Waals surface area contributed by atoms with Crippen molar-refractivity contribution in [2.45, 2.75) is 63.7 Å². The van der Waals surface area contributed by atoms with Gasteiger partial charge in [-0.05, 0) is 58.2 Å². The van der Waals surface area contributed by atoms with Crippen molar-refractivity contribution < 1.29 is 27.1 Å². The standard InChI is InChI=1S/C27H32FN3O5S2/c1-19-22(35-21-12-14-30(15-13-21)16-20-8-6-5-7-9-20)10-11-23(25(19)28)38(33,34)31(24-17-37-18-29-24)26(32)36-27(2,3)4/h5-11,17-18,21H,12-16H2,1-4H3. The normalized spacial score (nSPS) is 15.3. The topological polar surface area (TPSA) is 89.0 Å². The van der Waals surface area contributed by atoms with E-state index in [2.05, 4.69) is 22.0 Å². The Kier molecular flexibility index (Phi) is 8.39. The van der Waals surface area contributed by atoms with Gasteiger partial charge in [0.05, 0.1) is 5.51 Å². The molecule has 0 spiro atoms. The van der Waals surface area contributed by atoms with E-state index < -0.39 is 32.4 Å². The van der Waals surface area contributed by atoms with Crippen LogP contribution in [0.15, 0.2) is 58.3 Å². The number of halogens is 1. The molecule has 0 bridgehead atoms. The van der Waals surface area contributed by atoms with Gasteiger partial charge in [0.25, 0.3) is 10.0 Å². The first-order valence-electron chi connectivity index (χ1n) is 12.3. The minimum Gasteiger partial charge on any atom is -0.490 e. The molecule has 2 aromatic carbocycles. The third-order valence-electron chi connectivity index (χ3n) is 6.08. The highest BCUT2D eigenvalue weighted by atomic mass is 32.2. The van der Waals surface area contributed by atoms with Crippen molar-refractivity contribution in [3.05, 3.63) is 70.3 Å². The maximum Gasteiger partial charge on any atom is 0.430 e. The highest BCUT2D eigenvalue weighted by molar-refractivity contribution is 7.93. The number of carbonyl (C=O) groups excluding carboxylic acids is 1. The Bertz CT molecular complexity index is 1350. The molecule has 0 aliphatic carbocycles. The average Bonchev–Trinajstić information content (AvgIpc) is 3.36. The van der Waals surface area contributed by atoms with Crippen molar-refractivity contribution in [2.24, 2.45) is 0 Å². The lowest BCUT2D eigenvalue weighted by Crippen LogP contribution is -2.41. The summed E-state index contributed by atoms with van der Waals surface area (Å²) in [5.41, 5.74) is 1.72. The van der Waals surface area contributed by atoms with Gasteiger partial charge in [-0.3, -0.25) is 4.90 Å². The van der Waals surface area contributed by atoms with Crippen LogP contribution >= 0.6 is 11.3 Å². The maximum atomic E-state index is 15.6. The Morgan fingerprint density at radius 3 is 2.45 bits per heavy atom. The van der Waals surface area contributed by atoms with E-state index in [9.17, 15) is 13.2 Å². The molecule has 3 aromatic rings. The molecule has 0 radical (unpaired) electrons. The van der Waals surface area contributed by atoms with Gasteiger partial charge >= 0.3 is 6.09 Å². The van der Waals surface area contributed by atoms with E-state index in [-0.39, 0.29) is 23.2 Å². The Morgan fingerprint density at radius 1 is 1.16 bits per heavy atom. The van der Waals surface area contributed by atoms with Crippen LogP contribution in [0.3, 0.4) is 0 Å². The summed E-state index contributed by atoms with van der Waals surface area (Å²) in [4.78, 5) is 18.5. The number of nitrogens with zero attached hydrogens (tertiary/aromatic N) is 3. The van der Waals surface area contributed by atoms with Crippen LogP contribution in [-0.4, -0.2) is 49.2 Å². The highest BCUT2D eigenvalue weighted by Gasteiger charge is 2.38. The average molecular weight is 562 g/mol. The molecule has 1 fully saturated rings. The summed E-state index contributed by atoms with van der Waals surface area (Å²) in [5.74, 6) is -0.864. The molecule has 1 aliphatic rings. The molecular formula is C27H32FN3O5S2. The van der Waals surface area contributed by atoms with Crippen LogP contribution < -0.4 is 9.04 Å². The van der Waals surface area contributed by atoms with Crippen molar-refractivity contribution in [1.82, 2.24) is 9.88 Å². The number of carbonyl (C=O) groups is 1. The lowest BCUT2D eigenvalue weighted by atomic mass is 10.1. The second-order valence-corrected chi connectivity index (χ2v) is 12.6. The van der Waals surface area contributed by atoms with Gasteiger partial charge in [-0.1, -0.05) is 30.3 Å². The fourth-order valence-corrected chi connectivity index (χ4v) is 6.18. The first-order chi connectivity index (χ1) is 18.0. The van der Waals surface area contributed by atoms with Crippen molar-refractivity contribution in [3.63, 3.8) is 0 Å². The summed E-state index contributed by atoms with van der Waals surface area (Å²) >= 11 is 1.10. The summed E-state index contributed by atoms with van der Waals surface area (Å²) in [7, 11) is -4.67. The SMILES string of the molecule is Cc1c(OC2CCN(Cc3ccccc3)CC2)ccc(S(=O)(=O)N(C(=O)OC(C)(C)C)c2cscn2)c1F. The first-order valence-corrected chi connectivity index (χ1v) is 14.7. The number of anilines is 1. The number of piperidine rings is 1. The van der Waals surface area contributed by atoms with Crippen LogP contribution in [0.2, 0.25) is 0 Å². The fraction of sp³-hybridized carbons (Fsp3) is 0.407. The third-order valence-corrected chi connectivity index (χ3v) is 8.35. The number of benzene rings is 2. The molecule has 0 unspecified atom stereocenters. The van der Waals surface area contributed by atoms with Crippen LogP contribution in [-0.2, 0) is 21.3 Å². The Balaban J connectivity index is 1.50. The number of thiazole rings is 1. The van der Waals surface area contributed by atoms with Crippen LogP contribution in [0.1, 0.15) is 44.7 Å². The molecule has 1 aromatic heterocycles. The number of likely N-dealkylation sites (tertiary alicyclic amines) is 1. The van der Waals surface area contributed by atoms with E-state index in [0.29, 0.717) is 4.31 Å². The number of aromatic nitrogens is 1. The second-order valence-electron chi connectivity index (χ2n) is 10.2. The largest absolute Gasteiger partial charge is 0.490 e. The molecule has 2 heterocycles. The maximum absolute atomic E-state index is 15.6. The predicted octanol–water partition coefficient (Wildman–Crippen LogP) is 5.76. The minimum atomic E-state index is -4.67. The lowest BCUT2D eigenvalue weighted by molar-refractivity contribution is 0.0608. The van der Waals surface area contributed by atoms with E-state index in [1.54, 1.807) is 20.8 Å². The summed E-state index contributed by atoms with van der Waals surface area (Å²) < 4.78 is 54.4. The van der Waals surface area contributed by atoms with E-state index in [1.807, 2.05) is 18.2 Å². The van der Waals surface area contributed by atoms with Gasteiger partial charge in [0.2, 0.25) is 0 Å². The molecule has 0 saturated carbocycles. The first kappa shape index (κ1) is 28.0. The van der Waals surface area contributed by atoms with Gasteiger partial charge in [-0.2, -0.15) is 0 Å². The smallest absolute Gasteiger partial charge is 0.430 e. The summed E-state index contributed by atoms with van der Waals surface area (Å²) in [5, 5.41) is 1.38. The summed E-state index contributed by atoms with van der Waals surface area (Å²) in [6.45, 7) is 8.84. The quantitative estimate of drug-likeness (QED) is 0.362. The summed E-state index contributed by atoms with van der Waals surface area (Å²) in [6, 6.07) is 12.8. The van der Waals surface area contributed by atoms with Gasteiger partial charge in [0, 0.05) is 30.6 Å². The zero-order valence-electron chi connectivity index (χ0n) is 21.9. The molecule has 11 heteroatoms. The van der Waals surface area contributed by atoms with E-state index in [1.165, 1.54) is 29.4 Å². The molecule has 0 atom stereocenters. The molecule has 0 N–H and O–H groups in total. The van der Waals surface area contributed by atoms with Gasteiger partial charge in [-0.15, -0.1) is 15.6 Å². The number of sulfonamides is 1. The zero-order valence-corrected chi connectivity index (χ0v) is 23.5. The van der Waals surface area contributed by atoms with Crippen LogP contribution in [0.4, 0.5) is 15.0 Å². The zero-order chi connectivity index (χ0) is 27.5. The van der Waals surface area contributed by atoms with E-state index in [0.717, 1.165) is 49.9 Å². The van der Waals surface area contributed by atoms with Crippen LogP contribution in [0, 0.1) is 12.7 Å². The number of rotatable bonds is 7. The molecule has 1 aliphatic heterocycles. The second kappa shape index (κ2) is 11.4. The molecule has 8 nitrogen and oxygen atoms in total. The molecule has 1 amide bonds. The van der Waals surface area contributed by atoms with E-state index in [4.69, 9.17) is 9.47 Å². The van der Waals surface area contributed by atoms with Gasteiger partial charge in [0.1, 0.15) is 28.2 Å². The van der Waals surface area contributed by atoms with Crippen molar-refractivity contribution in [1.29, 1.82) is 0 Å². The molecule has 204 valence electrons. The van der Waals surface area contributed by atoms with E-state index >= 15 is 4.39 Å². The van der Waals surface area contributed by atoms with Crippen LogP contribution in [0.5, 0.6) is 5.75 Å². The van der Waals surface area contributed by atoms with Gasteiger partial charge in [0.15, 0.2) is 5.82 Å². The monoisotopic (exact) mass is 561 g/mol. The van der Waals surface area contributed by atoms with Crippen molar-refractivity contribution in [3.8, 4) is 5.75 Å². The molecular weight excluding hydrogens is 529 g/mol. The third kappa shape index (κ3) is 6.51.